The summed E-state index contributed by atoms with van der Waals surface area (Å²) in [5.74, 6) is 1.33. The van der Waals surface area contributed by atoms with Gasteiger partial charge in [0.15, 0.2) is 9.84 Å². The molecule has 0 aromatic rings. The molecule has 2 heterocycles. The van der Waals surface area contributed by atoms with Gasteiger partial charge in [0.05, 0.1) is 11.5 Å². The summed E-state index contributed by atoms with van der Waals surface area (Å²) in [6, 6.07) is 0. The molecule has 0 bridgehead atoms. The molecule has 2 aliphatic heterocycles. The van der Waals surface area contributed by atoms with Crippen molar-refractivity contribution in [2.45, 2.75) is 44.6 Å². The molecule has 0 amide bonds. The van der Waals surface area contributed by atoms with Crippen LogP contribution < -0.4 is 5.73 Å². The van der Waals surface area contributed by atoms with E-state index in [0.717, 1.165) is 25.9 Å². The molecule has 4 nitrogen and oxygen atoms in total. The van der Waals surface area contributed by atoms with Gasteiger partial charge in [0.1, 0.15) is 0 Å². The maximum Gasteiger partial charge on any atom is 0.152 e. The van der Waals surface area contributed by atoms with Crippen LogP contribution in [0.5, 0.6) is 0 Å². The molecule has 0 aromatic heterocycles. The first-order chi connectivity index (χ1) is 8.51. The topological polar surface area (TPSA) is 63.4 Å². The van der Waals surface area contributed by atoms with Crippen LogP contribution in [0.4, 0.5) is 0 Å². The Hall–Kier alpha value is -0.130. The van der Waals surface area contributed by atoms with E-state index in [1.165, 1.54) is 19.3 Å². The van der Waals surface area contributed by atoms with E-state index in [9.17, 15) is 8.42 Å². The van der Waals surface area contributed by atoms with E-state index in [1.54, 1.807) is 0 Å². The van der Waals surface area contributed by atoms with Crippen LogP contribution >= 0.6 is 0 Å². The van der Waals surface area contributed by atoms with Crippen molar-refractivity contribution in [3.05, 3.63) is 0 Å². The SMILES string of the molecule is CCC1CCCN(C2(CN)CCCS(=O)(=O)C2)C1. The normalized spacial score (nSPS) is 37.6. The lowest BCUT2D eigenvalue weighted by atomic mass is 9.87. The molecule has 0 aliphatic carbocycles. The fourth-order valence-electron chi connectivity index (χ4n) is 3.54. The van der Waals surface area contributed by atoms with Crippen LogP contribution in [0.25, 0.3) is 0 Å². The smallest absolute Gasteiger partial charge is 0.152 e. The van der Waals surface area contributed by atoms with Gasteiger partial charge in [-0.25, -0.2) is 8.42 Å². The predicted octanol–water partition coefficient (Wildman–Crippen LogP) is 1.01. The number of nitrogens with zero attached hydrogens (tertiary/aromatic N) is 1. The average molecular weight is 274 g/mol. The van der Waals surface area contributed by atoms with Crippen LogP contribution in [0.2, 0.25) is 0 Å². The Kier molecular flexibility index (Phi) is 4.34. The highest BCUT2D eigenvalue weighted by Gasteiger charge is 2.43. The van der Waals surface area contributed by atoms with Crippen molar-refractivity contribution in [3.8, 4) is 0 Å². The van der Waals surface area contributed by atoms with Gasteiger partial charge in [-0.15, -0.1) is 0 Å². The van der Waals surface area contributed by atoms with Crippen LogP contribution in [0, 0.1) is 5.92 Å². The van der Waals surface area contributed by atoms with Gasteiger partial charge in [0.2, 0.25) is 0 Å². The number of rotatable bonds is 3. The zero-order chi connectivity index (χ0) is 13.2. The van der Waals surface area contributed by atoms with E-state index in [0.29, 0.717) is 18.2 Å². The summed E-state index contributed by atoms with van der Waals surface area (Å²) in [6.07, 6.45) is 5.36. The highest BCUT2D eigenvalue weighted by Crippen LogP contribution is 2.32. The lowest BCUT2D eigenvalue weighted by Crippen LogP contribution is -2.62. The van der Waals surface area contributed by atoms with Crippen molar-refractivity contribution in [1.29, 1.82) is 0 Å². The Bertz CT molecular complexity index is 382. The molecular formula is C13H26N2O2S. The van der Waals surface area contributed by atoms with Gasteiger partial charge in [0.25, 0.3) is 0 Å². The number of sulfone groups is 1. The van der Waals surface area contributed by atoms with Crippen LogP contribution in [0.1, 0.15) is 39.0 Å². The Labute approximate surface area is 111 Å². The van der Waals surface area contributed by atoms with Crippen LogP contribution in [-0.4, -0.2) is 50.0 Å². The predicted molar refractivity (Wildman–Crippen MR) is 74.3 cm³/mol. The second-order valence-electron chi connectivity index (χ2n) is 5.99. The third kappa shape index (κ3) is 2.89. The Morgan fingerprint density at radius 2 is 2.17 bits per heavy atom. The first kappa shape index (κ1) is 14.3. The highest BCUT2D eigenvalue weighted by atomic mass is 32.2. The summed E-state index contributed by atoms with van der Waals surface area (Å²) in [4.78, 5) is 2.39. The van der Waals surface area contributed by atoms with Crippen molar-refractivity contribution >= 4 is 9.84 Å². The summed E-state index contributed by atoms with van der Waals surface area (Å²) < 4.78 is 23.9. The average Bonchev–Trinajstić information content (AvgIpc) is 2.37. The summed E-state index contributed by atoms with van der Waals surface area (Å²) in [7, 11) is -2.90. The first-order valence-corrected chi connectivity index (χ1v) is 8.99. The molecule has 2 atom stereocenters. The number of likely N-dealkylation sites (tertiary alicyclic amines) is 1. The number of piperidine rings is 1. The van der Waals surface area contributed by atoms with Gasteiger partial charge in [-0.05, 0) is 38.1 Å². The molecule has 0 radical (unpaired) electrons. The number of nitrogens with two attached hydrogens (primary N) is 1. The molecule has 0 saturated carbocycles. The highest BCUT2D eigenvalue weighted by molar-refractivity contribution is 7.91. The standard InChI is InChI=1S/C13H26N2O2S/c1-2-12-5-3-7-15(9-12)13(10-14)6-4-8-18(16,17)11-13/h12H,2-11,14H2,1H3. The van der Waals surface area contributed by atoms with Crippen LogP contribution in [-0.2, 0) is 9.84 Å². The summed E-state index contributed by atoms with van der Waals surface area (Å²) in [5, 5.41) is 0. The van der Waals surface area contributed by atoms with E-state index in [1.807, 2.05) is 0 Å². The molecular weight excluding hydrogens is 248 g/mol. The van der Waals surface area contributed by atoms with Gasteiger partial charge in [-0.1, -0.05) is 13.3 Å². The lowest BCUT2D eigenvalue weighted by molar-refractivity contribution is 0.0517. The van der Waals surface area contributed by atoms with Crippen molar-refractivity contribution in [2.75, 3.05) is 31.1 Å². The molecule has 106 valence electrons. The minimum atomic E-state index is -2.90. The third-order valence-electron chi connectivity index (χ3n) is 4.73. The molecule has 5 heteroatoms. The quantitative estimate of drug-likeness (QED) is 0.834. The molecule has 2 unspecified atom stereocenters. The molecule has 0 aromatic carbocycles. The van der Waals surface area contributed by atoms with E-state index >= 15 is 0 Å². The molecule has 2 N–H and O–H groups in total. The van der Waals surface area contributed by atoms with Gasteiger partial charge in [-0.2, -0.15) is 0 Å². The zero-order valence-corrected chi connectivity index (χ0v) is 12.2. The minimum Gasteiger partial charge on any atom is -0.329 e. The van der Waals surface area contributed by atoms with Crippen molar-refractivity contribution < 1.29 is 8.42 Å². The van der Waals surface area contributed by atoms with Gasteiger partial charge in [-0.3, -0.25) is 4.90 Å². The minimum absolute atomic E-state index is 0.271. The molecule has 2 saturated heterocycles. The molecule has 18 heavy (non-hydrogen) atoms. The molecule has 2 fully saturated rings. The molecule has 2 aliphatic rings. The number of hydrogen-bond donors (Lipinski definition) is 1. The van der Waals surface area contributed by atoms with Crippen molar-refractivity contribution in [1.82, 2.24) is 4.90 Å². The maximum absolute atomic E-state index is 11.9. The van der Waals surface area contributed by atoms with Gasteiger partial charge >= 0.3 is 0 Å². The fraction of sp³-hybridized carbons (Fsp3) is 1.00. The summed E-state index contributed by atoms with van der Waals surface area (Å²) in [5.41, 5.74) is 5.70. The monoisotopic (exact) mass is 274 g/mol. The van der Waals surface area contributed by atoms with Crippen LogP contribution in [0.15, 0.2) is 0 Å². The van der Waals surface area contributed by atoms with Gasteiger partial charge in [0, 0.05) is 18.6 Å². The second kappa shape index (κ2) is 5.47. The zero-order valence-electron chi connectivity index (χ0n) is 11.4. The fourth-order valence-corrected chi connectivity index (χ4v) is 5.54. The van der Waals surface area contributed by atoms with Crippen molar-refractivity contribution in [2.24, 2.45) is 11.7 Å². The summed E-state index contributed by atoms with van der Waals surface area (Å²) >= 11 is 0. The van der Waals surface area contributed by atoms with E-state index in [-0.39, 0.29) is 11.3 Å². The van der Waals surface area contributed by atoms with Crippen molar-refractivity contribution in [3.63, 3.8) is 0 Å². The van der Waals surface area contributed by atoms with E-state index in [2.05, 4.69) is 11.8 Å². The number of hydrogen-bond acceptors (Lipinski definition) is 4. The molecule has 2 rings (SSSR count). The first-order valence-electron chi connectivity index (χ1n) is 7.17. The Morgan fingerprint density at radius 1 is 1.39 bits per heavy atom. The summed E-state index contributed by atoms with van der Waals surface area (Å²) in [6.45, 7) is 4.75. The van der Waals surface area contributed by atoms with Gasteiger partial charge < -0.3 is 5.73 Å². The lowest BCUT2D eigenvalue weighted by Gasteiger charge is -2.48. The Balaban J connectivity index is 2.16. The Morgan fingerprint density at radius 3 is 2.78 bits per heavy atom. The van der Waals surface area contributed by atoms with Crippen LogP contribution in [0.3, 0.4) is 0 Å². The third-order valence-corrected chi connectivity index (χ3v) is 6.62. The van der Waals surface area contributed by atoms with E-state index in [4.69, 9.17) is 5.73 Å². The second-order valence-corrected chi connectivity index (χ2v) is 8.17. The maximum atomic E-state index is 11.9. The van der Waals surface area contributed by atoms with E-state index < -0.39 is 9.84 Å². The molecule has 0 spiro atoms. The largest absolute Gasteiger partial charge is 0.329 e.